The van der Waals surface area contributed by atoms with E-state index in [2.05, 4.69) is 10.2 Å². The summed E-state index contributed by atoms with van der Waals surface area (Å²) in [6.45, 7) is 4.12. The minimum atomic E-state index is -4.88. The van der Waals surface area contributed by atoms with Crippen LogP contribution in [-0.4, -0.2) is 107 Å². The molecule has 0 spiro atoms. The Labute approximate surface area is 280 Å². The topological polar surface area (TPSA) is 106 Å². The maximum atomic E-state index is 13.8. The highest BCUT2D eigenvalue weighted by Crippen LogP contribution is 2.40. The van der Waals surface area contributed by atoms with Gasteiger partial charge in [0.05, 0.1) is 16.3 Å². The van der Waals surface area contributed by atoms with Crippen LogP contribution in [0.5, 0.6) is 5.75 Å². The lowest BCUT2D eigenvalue weighted by Crippen LogP contribution is -2.52. The van der Waals surface area contributed by atoms with Gasteiger partial charge in [-0.2, -0.15) is 13.2 Å². The van der Waals surface area contributed by atoms with Crippen LogP contribution in [0.25, 0.3) is 0 Å². The molecule has 0 aliphatic carbocycles. The van der Waals surface area contributed by atoms with Crippen molar-refractivity contribution >= 4 is 46.7 Å². The molecule has 4 aliphatic rings. The van der Waals surface area contributed by atoms with Crippen molar-refractivity contribution in [1.82, 2.24) is 19.6 Å². The first-order valence-corrected chi connectivity index (χ1v) is 17.5. The zero-order chi connectivity index (χ0) is 33.3. The smallest absolute Gasteiger partial charge is 0.420 e. The molecule has 0 radical (unpaired) electrons. The number of hydrogen-bond acceptors (Lipinski definition) is 7. The number of thiophene rings is 1. The molecular weight excluding hydrogens is 659 g/mol. The van der Waals surface area contributed by atoms with E-state index in [0.29, 0.717) is 51.6 Å². The number of piperidine rings is 2. The molecule has 0 unspecified atom stereocenters. The number of carbonyl (C=O) groups excluding carboxylic acids is 3. The fourth-order valence-corrected chi connectivity index (χ4v) is 8.27. The van der Waals surface area contributed by atoms with E-state index >= 15 is 0 Å². The number of nitrogens with one attached hydrogen (secondary N) is 1. The minimum Gasteiger partial charge on any atom is -0.506 e. The molecular formula is C32H39ClF3N5O5S. The van der Waals surface area contributed by atoms with Crippen LogP contribution in [0.4, 0.5) is 28.4 Å². The van der Waals surface area contributed by atoms with E-state index in [4.69, 9.17) is 16.3 Å². The third-order valence-corrected chi connectivity index (χ3v) is 10.9. The maximum Gasteiger partial charge on any atom is 0.420 e. The Morgan fingerprint density at radius 2 is 1.64 bits per heavy atom. The number of nitrogens with zero attached hydrogens (tertiary/aromatic N) is 4. The molecule has 2 aromatic rings. The second-order valence-electron chi connectivity index (χ2n) is 12.8. The second kappa shape index (κ2) is 14.1. The monoisotopic (exact) mass is 697 g/mol. The molecule has 2 N–H and O–H groups in total. The maximum absolute atomic E-state index is 13.8. The van der Waals surface area contributed by atoms with Gasteiger partial charge in [0.1, 0.15) is 5.75 Å². The normalized spacial score (nSPS) is 20.9. The highest BCUT2D eigenvalue weighted by Gasteiger charge is 2.39. The summed E-state index contributed by atoms with van der Waals surface area (Å²) in [6.07, 6.45) is -1.74. The fourth-order valence-electron chi connectivity index (χ4n) is 7.21. The lowest BCUT2D eigenvalue weighted by atomic mass is 10.00. The number of hydrogen-bond donors (Lipinski definition) is 2. The summed E-state index contributed by atoms with van der Waals surface area (Å²) in [5, 5.41) is 16.4. The molecule has 256 valence electrons. The summed E-state index contributed by atoms with van der Waals surface area (Å²) in [6, 6.07) is 2.02. The number of phenolic OH excluding ortho intramolecular Hbond substituents is 1. The van der Waals surface area contributed by atoms with Crippen LogP contribution in [0.3, 0.4) is 0 Å². The number of urea groups is 1. The van der Waals surface area contributed by atoms with Crippen LogP contribution in [-0.2, 0) is 28.5 Å². The number of amides is 4. The number of benzene rings is 1. The first kappa shape index (κ1) is 33.7. The zero-order valence-electron chi connectivity index (χ0n) is 25.9. The summed E-state index contributed by atoms with van der Waals surface area (Å²) in [4.78, 5) is 47.6. The van der Waals surface area contributed by atoms with Gasteiger partial charge in [-0.05, 0) is 86.7 Å². The van der Waals surface area contributed by atoms with Crippen LogP contribution in [0, 0.1) is 0 Å². The highest BCUT2D eigenvalue weighted by atomic mass is 35.5. The van der Waals surface area contributed by atoms with Crippen LogP contribution >= 0.6 is 22.9 Å². The molecule has 4 aliphatic heterocycles. The Bertz CT molecular complexity index is 1470. The van der Waals surface area contributed by atoms with Gasteiger partial charge in [0, 0.05) is 56.6 Å². The largest absolute Gasteiger partial charge is 0.506 e. The second-order valence-corrected chi connectivity index (χ2v) is 13.9. The molecule has 1 aromatic heterocycles. The Kier molecular flexibility index (Phi) is 10.1. The third-order valence-electron chi connectivity index (χ3n) is 9.83. The molecule has 15 heteroatoms. The Morgan fingerprint density at radius 1 is 0.979 bits per heavy atom. The molecule has 10 nitrogen and oxygen atoms in total. The number of fused-ring (bicyclic) bond motifs is 1. The average Bonchev–Trinajstić information content (AvgIpc) is 3.72. The van der Waals surface area contributed by atoms with E-state index in [1.54, 1.807) is 21.1 Å². The molecule has 47 heavy (non-hydrogen) atoms. The van der Waals surface area contributed by atoms with Crippen molar-refractivity contribution in [2.24, 2.45) is 0 Å². The highest BCUT2D eigenvalue weighted by molar-refractivity contribution is 7.08. The van der Waals surface area contributed by atoms with E-state index in [1.165, 1.54) is 4.90 Å². The Hall–Kier alpha value is -3.23. The van der Waals surface area contributed by atoms with Gasteiger partial charge in [0.25, 0.3) is 5.91 Å². The number of ether oxygens (including phenoxy) is 1. The fraction of sp³-hybridized carbons (Fsp3) is 0.594. The summed E-state index contributed by atoms with van der Waals surface area (Å²) < 4.78 is 46.8. The number of anilines is 1. The molecule has 3 saturated heterocycles. The van der Waals surface area contributed by atoms with Gasteiger partial charge < -0.3 is 34.8 Å². The first-order chi connectivity index (χ1) is 22.5. The summed E-state index contributed by atoms with van der Waals surface area (Å²) in [5.74, 6) is -1.57. The number of halogens is 4. The van der Waals surface area contributed by atoms with Crippen LogP contribution in [0.2, 0.25) is 5.02 Å². The molecule has 0 saturated carbocycles. The van der Waals surface area contributed by atoms with Crippen molar-refractivity contribution in [2.45, 2.75) is 75.7 Å². The molecule has 3 fully saturated rings. The van der Waals surface area contributed by atoms with Crippen LogP contribution in [0.1, 0.15) is 55.2 Å². The number of rotatable bonds is 6. The van der Waals surface area contributed by atoms with Crippen LogP contribution < -0.4 is 5.32 Å². The summed E-state index contributed by atoms with van der Waals surface area (Å²) >= 11 is 7.51. The molecule has 1 aromatic carbocycles. The first-order valence-electron chi connectivity index (χ1n) is 16.2. The predicted octanol–water partition coefficient (Wildman–Crippen LogP) is 5.82. The van der Waals surface area contributed by atoms with Gasteiger partial charge in [0.15, 0.2) is 6.10 Å². The van der Waals surface area contributed by atoms with Gasteiger partial charge in [-0.25, -0.2) is 9.59 Å². The van der Waals surface area contributed by atoms with Crippen molar-refractivity contribution in [3.63, 3.8) is 0 Å². The van der Waals surface area contributed by atoms with Gasteiger partial charge >= 0.3 is 18.3 Å². The number of phenols is 1. The average molecular weight is 698 g/mol. The van der Waals surface area contributed by atoms with Crippen molar-refractivity contribution in [3.05, 3.63) is 44.6 Å². The van der Waals surface area contributed by atoms with E-state index in [9.17, 15) is 32.7 Å². The van der Waals surface area contributed by atoms with Gasteiger partial charge in [-0.1, -0.05) is 11.6 Å². The third kappa shape index (κ3) is 7.59. The van der Waals surface area contributed by atoms with E-state index < -0.39 is 40.6 Å². The molecule has 6 rings (SSSR count). The van der Waals surface area contributed by atoms with Crippen molar-refractivity contribution < 1.29 is 37.4 Å². The predicted molar refractivity (Wildman–Crippen MR) is 171 cm³/mol. The van der Waals surface area contributed by atoms with E-state index in [0.717, 1.165) is 68.6 Å². The van der Waals surface area contributed by atoms with E-state index in [-0.39, 0.29) is 24.1 Å². The summed E-state index contributed by atoms with van der Waals surface area (Å²) in [5.41, 5.74) is 0.618. The lowest BCUT2D eigenvalue weighted by Gasteiger charge is -2.39. The van der Waals surface area contributed by atoms with E-state index in [1.807, 2.05) is 10.8 Å². The number of likely N-dealkylation sites (tertiary alicyclic amines) is 3. The Balaban J connectivity index is 1.12. The number of alkyl halides is 3. The standard InChI is InChI=1S/C32H39ClF3N5O5S/c33-25-16-20(15-24(28(25)42)32(34,35)36)17-27(29(43)39-10-4-22(5-11-39)38-8-1-2-9-38)46-31(45)40-12-6-23(7-13-40)41-14-3-21-18-47-19-26(21)37-30(41)44/h15-16,18-19,22-23,27,42H,1-14,17H2,(H,37,44)/t27-/m1/s1. The van der Waals surface area contributed by atoms with Crippen LogP contribution in [0.15, 0.2) is 22.9 Å². The molecule has 0 bridgehead atoms. The quantitative estimate of drug-likeness (QED) is 0.395. The lowest BCUT2D eigenvalue weighted by molar-refractivity contribution is -0.142. The van der Waals surface area contributed by atoms with Crippen molar-refractivity contribution in [2.75, 3.05) is 51.1 Å². The number of carbonyl (C=O) groups is 3. The zero-order valence-corrected chi connectivity index (χ0v) is 27.5. The van der Waals surface area contributed by atoms with Gasteiger partial charge in [0.2, 0.25) is 0 Å². The molecule has 4 amide bonds. The van der Waals surface area contributed by atoms with Crippen molar-refractivity contribution in [3.8, 4) is 5.75 Å². The SMILES string of the molecule is O=C(O[C@H](Cc1cc(Cl)c(O)c(C(F)(F)F)c1)C(=O)N1CCC(N2CCCC2)CC1)N1CCC(N2CCc3cscc3NC2=O)CC1. The number of aromatic hydroxyl groups is 1. The van der Waals surface area contributed by atoms with Gasteiger partial charge in [-0.3, -0.25) is 4.79 Å². The van der Waals surface area contributed by atoms with Gasteiger partial charge in [-0.15, -0.1) is 11.3 Å². The molecule has 5 heterocycles. The molecule has 1 atom stereocenters. The summed E-state index contributed by atoms with van der Waals surface area (Å²) in [7, 11) is 0. The Morgan fingerprint density at radius 3 is 2.32 bits per heavy atom. The van der Waals surface area contributed by atoms with Crippen molar-refractivity contribution in [1.29, 1.82) is 0 Å². The minimum absolute atomic E-state index is 0.0116.